The molecule has 1 N–H and O–H groups in total. The van der Waals surface area contributed by atoms with E-state index in [2.05, 4.69) is 5.32 Å². The van der Waals surface area contributed by atoms with E-state index >= 15 is 0 Å². The number of carbonyl (C=O) groups excluding carboxylic acids is 1. The number of hydrogen-bond donors (Lipinski definition) is 1. The van der Waals surface area contributed by atoms with Crippen molar-refractivity contribution in [3.63, 3.8) is 0 Å². The van der Waals surface area contributed by atoms with Crippen molar-refractivity contribution in [2.75, 3.05) is 5.32 Å². The quantitative estimate of drug-likeness (QED) is 0.573. The first-order valence-electron chi connectivity index (χ1n) is 7.22. The predicted octanol–water partition coefficient (Wildman–Crippen LogP) is 6.40. The maximum atomic E-state index is 12.5. The van der Waals surface area contributed by atoms with Crippen LogP contribution < -0.4 is 5.32 Å². The summed E-state index contributed by atoms with van der Waals surface area (Å²) in [5.41, 5.74) is 1.08. The molecule has 120 valence electrons. The van der Waals surface area contributed by atoms with E-state index in [-0.39, 0.29) is 5.91 Å². The minimum Gasteiger partial charge on any atom is -0.321 e. The molecule has 2 nitrogen and oxygen atoms in total. The number of halogens is 2. The summed E-state index contributed by atoms with van der Waals surface area (Å²) in [6.07, 6.45) is 0. The molecule has 0 bridgehead atoms. The lowest BCUT2D eigenvalue weighted by atomic mass is 10.2. The summed E-state index contributed by atoms with van der Waals surface area (Å²) in [4.78, 5) is 14.6. The van der Waals surface area contributed by atoms with Gasteiger partial charge in [0.05, 0.1) is 16.3 Å². The molecule has 0 aliphatic heterocycles. The van der Waals surface area contributed by atoms with Crippen LogP contribution in [0.1, 0.15) is 10.4 Å². The van der Waals surface area contributed by atoms with Crippen LogP contribution in [-0.2, 0) is 0 Å². The highest BCUT2D eigenvalue weighted by atomic mass is 35.5. The van der Waals surface area contributed by atoms with Crippen molar-refractivity contribution in [1.82, 2.24) is 0 Å². The maximum absolute atomic E-state index is 12.5. The van der Waals surface area contributed by atoms with Crippen molar-refractivity contribution in [2.45, 2.75) is 9.79 Å². The molecule has 0 unspecified atom stereocenters. The Morgan fingerprint density at radius 2 is 1.58 bits per heavy atom. The Morgan fingerprint density at radius 3 is 2.38 bits per heavy atom. The first-order chi connectivity index (χ1) is 11.6. The van der Waals surface area contributed by atoms with Crippen LogP contribution in [0.5, 0.6) is 0 Å². The highest BCUT2D eigenvalue weighted by molar-refractivity contribution is 7.99. The van der Waals surface area contributed by atoms with Crippen LogP contribution >= 0.6 is 35.0 Å². The van der Waals surface area contributed by atoms with Crippen LogP contribution in [0.4, 0.5) is 5.69 Å². The molecule has 0 radical (unpaired) electrons. The number of amides is 1. The number of para-hydroxylation sites is 1. The van der Waals surface area contributed by atoms with Gasteiger partial charge >= 0.3 is 0 Å². The molecule has 0 spiro atoms. The van der Waals surface area contributed by atoms with Crippen LogP contribution in [0.25, 0.3) is 0 Å². The first-order valence-corrected chi connectivity index (χ1v) is 8.79. The van der Waals surface area contributed by atoms with E-state index in [1.54, 1.807) is 30.0 Å². The largest absolute Gasteiger partial charge is 0.321 e. The summed E-state index contributed by atoms with van der Waals surface area (Å²) in [5.74, 6) is -0.288. The van der Waals surface area contributed by atoms with E-state index in [4.69, 9.17) is 23.2 Å². The molecule has 0 aliphatic rings. The minimum absolute atomic E-state index is 0.288. The summed E-state index contributed by atoms with van der Waals surface area (Å²) in [6.45, 7) is 0. The number of hydrogen-bond acceptors (Lipinski definition) is 2. The van der Waals surface area contributed by atoms with E-state index in [1.807, 2.05) is 54.6 Å². The van der Waals surface area contributed by atoms with Gasteiger partial charge in [0.25, 0.3) is 5.91 Å². The molecule has 3 aromatic carbocycles. The average Bonchev–Trinajstić information content (AvgIpc) is 2.59. The lowest BCUT2D eigenvalue weighted by molar-refractivity contribution is 0.102. The van der Waals surface area contributed by atoms with Crippen LogP contribution in [0.2, 0.25) is 10.0 Å². The van der Waals surface area contributed by atoms with E-state index in [0.29, 0.717) is 15.6 Å². The molecular weight excluding hydrogens is 361 g/mol. The fourth-order valence-corrected chi connectivity index (χ4v) is 3.43. The molecule has 0 saturated heterocycles. The zero-order valence-corrected chi connectivity index (χ0v) is 14.8. The van der Waals surface area contributed by atoms with Gasteiger partial charge < -0.3 is 5.32 Å². The zero-order valence-electron chi connectivity index (χ0n) is 12.5. The summed E-state index contributed by atoms with van der Waals surface area (Å²) in [7, 11) is 0. The lowest BCUT2D eigenvalue weighted by Gasteiger charge is -2.11. The SMILES string of the molecule is O=C(Nc1ccccc1Sc1ccccc1)c1cc(Cl)ccc1Cl. The number of rotatable bonds is 4. The van der Waals surface area contributed by atoms with Crippen molar-refractivity contribution in [2.24, 2.45) is 0 Å². The third kappa shape index (κ3) is 4.12. The molecule has 3 aromatic rings. The monoisotopic (exact) mass is 373 g/mol. The molecule has 0 atom stereocenters. The van der Waals surface area contributed by atoms with Gasteiger partial charge in [-0.1, -0.05) is 65.3 Å². The second-order valence-corrected chi connectivity index (χ2v) is 6.95. The summed E-state index contributed by atoms with van der Waals surface area (Å²) < 4.78 is 0. The minimum atomic E-state index is -0.288. The second-order valence-electron chi connectivity index (χ2n) is 4.99. The predicted molar refractivity (Wildman–Crippen MR) is 101 cm³/mol. The number of benzene rings is 3. The fraction of sp³-hybridized carbons (Fsp3) is 0. The summed E-state index contributed by atoms with van der Waals surface area (Å²) >= 11 is 13.6. The Bertz CT molecular complexity index is 868. The van der Waals surface area contributed by atoms with Gasteiger partial charge in [-0.25, -0.2) is 0 Å². The summed E-state index contributed by atoms with van der Waals surface area (Å²) in [6, 6.07) is 22.5. The van der Waals surface area contributed by atoms with Gasteiger partial charge in [0.2, 0.25) is 0 Å². The molecule has 1 amide bonds. The maximum Gasteiger partial charge on any atom is 0.257 e. The van der Waals surface area contributed by atoms with Crippen LogP contribution in [0, 0.1) is 0 Å². The molecule has 5 heteroatoms. The van der Waals surface area contributed by atoms with Crippen LogP contribution in [-0.4, -0.2) is 5.91 Å². The highest BCUT2D eigenvalue weighted by Gasteiger charge is 2.13. The van der Waals surface area contributed by atoms with Crippen molar-refractivity contribution in [3.05, 3.63) is 88.4 Å². The van der Waals surface area contributed by atoms with Gasteiger partial charge in [-0.05, 0) is 42.5 Å². The van der Waals surface area contributed by atoms with E-state index in [0.717, 1.165) is 15.5 Å². The summed E-state index contributed by atoms with van der Waals surface area (Å²) in [5, 5.41) is 3.75. The van der Waals surface area contributed by atoms with E-state index in [9.17, 15) is 4.79 Å². The molecule has 0 fully saturated rings. The third-order valence-corrected chi connectivity index (χ3v) is 4.93. The molecule has 3 rings (SSSR count). The third-order valence-electron chi connectivity index (χ3n) is 3.28. The van der Waals surface area contributed by atoms with Crippen molar-refractivity contribution >= 4 is 46.6 Å². The molecule has 0 aliphatic carbocycles. The van der Waals surface area contributed by atoms with Crippen LogP contribution in [0.3, 0.4) is 0 Å². The molecule has 24 heavy (non-hydrogen) atoms. The Labute approximate surface area is 154 Å². The van der Waals surface area contributed by atoms with Gasteiger partial charge in [-0.3, -0.25) is 4.79 Å². The number of carbonyl (C=O) groups is 1. The van der Waals surface area contributed by atoms with Crippen LogP contribution in [0.15, 0.2) is 82.6 Å². The lowest BCUT2D eigenvalue weighted by Crippen LogP contribution is -2.13. The van der Waals surface area contributed by atoms with Gasteiger partial charge in [-0.2, -0.15) is 0 Å². The smallest absolute Gasteiger partial charge is 0.257 e. The Morgan fingerprint density at radius 1 is 0.875 bits per heavy atom. The molecule has 0 aromatic heterocycles. The molecular formula is C19H13Cl2NOS. The van der Waals surface area contributed by atoms with Crippen molar-refractivity contribution in [3.8, 4) is 0 Å². The van der Waals surface area contributed by atoms with Gasteiger partial charge in [0, 0.05) is 14.8 Å². The zero-order chi connectivity index (χ0) is 16.9. The number of anilines is 1. The van der Waals surface area contributed by atoms with Crippen molar-refractivity contribution < 1.29 is 4.79 Å². The van der Waals surface area contributed by atoms with E-state index in [1.165, 1.54) is 0 Å². The standard InChI is InChI=1S/C19H13Cl2NOS/c20-13-10-11-16(21)15(12-13)19(23)22-17-8-4-5-9-18(17)24-14-6-2-1-3-7-14/h1-12H,(H,22,23). The highest BCUT2D eigenvalue weighted by Crippen LogP contribution is 2.33. The van der Waals surface area contributed by atoms with Gasteiger partial charge in [0.15, 0.2) is 0 Å². The topological polar surface area (TPSA) is 29.1 Å². The first kappa shape index (κ1) is 16.9. The Kier molecular flexibility index (Phi) is 5.46. The Hall–Kier alpha value is -1.94. The normalized spacial score (nSPS) is 10.4. The number of nitrogens with one attached hydrogen (secondary N) is 1. The second kappa shape index (κ2) is 7.75. The average molecular weight is 374 g/mol. The molecule has 0 saturated carbocycles. The Balaban J connectivity index is 1.85. The van der Waals surface area contributed by atoms with Crippen molar-refractivity contribution in [1.29, 1.82) is 0 Å². The van der Waals surface area contributed by atoms with Gasteiger partial charge in [0.1, 0.15) is 0 Å². The fourth-order valence-electron chi connectivity index (χ4n) is 2.14. The molecule has 0 heterocycles. The van der Waals surface area contributed by atoms with E-state index < -0.39 is 0 Å². The van der Waals surface area contributed by atoms with Gasteiger partial charge in [-0.15, -0.1) is 0 Å².